The van der Waals surface area contributed by atoms with E-state index in [1.54, 1.807) is 0 Å². The first kappa shape index (κ1) is 22.0. The SMILES string of the molecule is CCC[CH2][Sn]([CH2]CCC)([CH2]CCC)[C]1=CC[C@H]2O[C@H]3CCCO[C@@H]3C[C@@H]2O1. The Kier molecular flexibility index (Phi) is 8.84. The molecule has 2 saturated heterocycles. The van der Waals surface area contributed by atoms with Crippen LogP contribution in [0.1, 0.15) is 85.0 Å². The molecule has 0 aromatic heterocycles. The van der Waals surface area contributed by atoms with Crippen LogP contribution in [0.15, 0.2) is 9.85 Å². The van der Waals surface area contributed by atoms with Crippen LogP contribution in [0.3, 0.4) is 0 Å². The Bertz CT molecular complexity index is 456. The van der Waals surface area contributed by atoms with Gasteiger partial charge in [0, 0.05) is 0 Å². The van der Waals surface area contributed by atoms with Gasteiger partial charge >= 0.3 is 172 Å². The number of unbranched alkanes of at least 4 members (excludes halogenated alkanes) is 3. The van der Waals surface area contributed by atoms with Gasteiger partial charge in [-0.05, 0) is 0 Å². The molecule has 0 N–H and O–H groups in total. The van der Waals surface area contributed by atoms with Gasteiger partial charge in [-0.1, -0.05) is 0 Å². The molecule has 0 unspecified atom stereocenters. The molecule has 0 bridgehead atoms. The molecule has 3 nitrogen and oxygen atoms in total. The second kappa shape index (κ2) is 10.9. The van der Waals surface area contributed by atoms with E-state index in [-0.39, 0.29) is 18.3 Å². The van der Waals surface area contributed by atoms with Gasteiger partial charge in [0.05, 0.1) is 0 Å². The van der Waals surface area contributed by atoms with Gasteiger partial charge in [0.15, 0.2) is 0 Å². The predicted octanol–water partition coefficient (Wildman–Crippen LogP) is 6.38. The van der Waals surface area contributed by atoms with Crippen molar-refractivity contribution in [3.8, 4) is 0 Å². The number of fused-ring (bicyclic) bond motifs is 2. The summed E-state index contributed by atoms with van der Waals surface area (Å²) in [6.07, 6.45) is 16.1. The normalized spacial score (nSPS) is 30.9. The second-order valence-corrected chi connectivity index (χ2v) is 22.0. The fourth-order valence-electron chi connectivity index (χ4n) is 5.28. The van der Waals surface area contributed by atoms with Crippen LogP contribution in [0.5, 0.6) is 0 Å². The molecule has 0 aliphatic carbocycles. The average molecular weight is 485 g/mol. The third-order valence-electron chi connectivity index (χ3n) is 6.97. The van der Waals surface area contributed by atoms with Crippen LogP contribution in [0.4, 0.5) is 0 Å². The first-order chi connectivity index (χ1) is 13.2. The Hall–Kier alpha value is 0.259. The summed E-state index contributed by atoms with van der Waals surface area (Å²) < 4.78 is 25.3. The first-order valence-corrected chi connectivity index (χ1v) is 19.3. The number of hydrogen-bond acceptors (Lipinski definition) is 3. The molecule has 0 radical (unpaired) electrons. The van der Waals surface area contributed by atoms with Crippen LogP contribution in [0, 0.1) is 0 Å². The van der Waals surface area contributed by atoms with Crippen LogP contribution >= 0.6 is 0 Å². The molecular weight excluding hydrogens is 443 g/mol. The Morgan fingerprint density at radius 3 is 2.19 bits per heavy atom. The number of ether oxygens (including phenoxy) is 3. The fourth-order valence-corrected chi connectivity index (χ4v) is 21.1. The van der Waals surface area contributed by atoms with Gasteiger partial charge in [-0.15, -0.1) is 0 Å². The summed E-state index contributed by atoms with van der Waals surface area (Å²) in [7, 11) is 0. The molecule has 0 spiro atoms. The Balaban J connectivity index is 1.75. The van der Waals surface area contributed by atoms with E-state index in [9.17, 15) is 0 Å². The molecule has 2 fully saturated rings. The van der Waals surface area contributed by atoms with Crippen molar-refractivity contribution in [2.75, 3.05) is 6.61 Å². The molecule has 0 saturated carbocycles. The summed E-state index contributed by atoms with van der Waals surface area (Å²) in [6.45, 7) is 7.94. The standard InChI is InChI=1S/C11H15O3.3C4H9.Sn/c1-3-8-10(12-5-1)7-11-9(14-8)4-2-6-13-11;3*1-3-4-2;/h1,8-11H,2-4,6-7H2;3*1,3-4H2,2H3;/t8-,9+,10+,11-;;;;/m1..../s1. The van der Waals surface area contributed by atoms with Crippen LogP contribution in [0.2, 0.25) is 13.3 Å². The van der Waals surface area contributed by atoms with Gasteiger partial charge in [-0.3, -0.25) is 0 Å². The van der Waals surface area contributed by atoms with Gasteiger partial charge in [0.1, 0.15) is 0 Å². The Morgan fingerprint density at radius 2 is 1.56 bits per heavy atom. The van der Waals surface area contributed by atoms with Gasteiger partial charge in [0.25, 0.3) is 0 Å². The summed E-state index contributed by atoms with van der Waals surface area (Å²) >= 11 is -2.45. The monoisotopic (exact) mass is 486 g/mol. The maximum absolute atomic E-state index is 6.85. The summed E-state index contributed by atoms with van der Waals surface area (Å²) in [5, 5.41) is 0. The van der Waals surface area contributed by atoms with Crippen molar-refractivity contribution in [3.05, 3.63) is 9.85 Å². The van der Waals surface area contributed by atoms with Crippen LogP contribution in [-0.2, 0) is 14.2 Å². The topological polar surface area (TPSA) is 27.7 Å². The molecule has 0 aromatic rings. The predicted molar refractivity (Wildman–Crippen MR) is 115 cm³/mol. The van der Waals surface area contributed by atoms with E-state index < -0.39 is 18.4 Å². The first-order valence-electron chi connectivity index (χ1n) is 11.9. The van der Waals surface area contributed by atoms with Crippen molar-refractivity contribution in [3.63, 3.8) is 0 Å². The molecule has 4 heteroatoms. The van der Waals surface area contributed by atoms with E-state index in [0.717, 1.165) is 32.3 Å². The van der Waals surface area contributed by atoms with E-state index in [1.165, 1.54) is 55.6 Å². The second-order valence-electron chi connectivity index (χ2n) is 9.05. The molecule has 4 atom stereocenters. The average Bonchev–Trinajstić information content (AvgIpc) is 2.71. The van der Waals surface area contributed by atoms with E-state index in [4.69, 9.17) is 14.2 Å². The van der Waals surface area contributed by atoms with E-state index >= 15 is 0 Å². The van der Waals surface area contributed by atoms with E-state index in [1.807, 2.05) is 0 Å². The van der Waals surface area contributed by atoms with Crippen molar-refractivity contribution >= 4 is 18.4 Å². The Labute approximate surface area is 171 Å². The molecule has 3 rings (SSSR count). The number of rotatable bonds is 10. The minimum absolute atomic E-state index is 0.241. The zero-order valence-electron chi connectivity index (χ0n) is 18.0. The molecule has 3 heterocycles. The van der Waals surface area contributed by atoms with E-state index in [2.05, 4.69) is 26.8 Å². The molecule has 3 aliphatic rings. The molecular formula is C23H42O3Sn. The third kappa shape index (κ3) is 5.45. The zero-order chi connectivity index (χ0) is 19.1. The van der Waals surface area contributed by atoms with Gasteiger partial charge in [-0.25, -0.2) is 0 Å². The van der Waals surface area contributed by atoms with Gasteiger partial charge in [-0.2, -0.15) is 0 Å². The molecule has 3 aliphatic heterocycles. The summed E-state index contributed by atoms with van der Waals surface area (Å²) in [6, 6.07) is 0. The van der Waals surface area contributed by atoms with Crippen molar-refractivity contribution in [2.24, 2.45) is 0 Å². The zero-order valence-corrected chi connectivity index (χ0v) is 20.9. The summed E-state index contributed by atoms with van der Waals surface area (Å²) in [4.78, 5) is 0. The number of hydrogen-bond donors (Lipinski definition) is 0. The summed E-state index contributed by atoms with van der Waals surface area (Å²) in [5.74, 6) is 0. The molecule has 0 aromatic carbocycles. The van der Waals surface area contributed by atoms with Crippen LogP contribution in [0.25, 0.3) is 0 Å². The Morgan fingerprint density at radius 1 is 0.889 bits per heavy atom. The minimum atomic E-state index is -2.45. The van der Waals surface area contributed by atoms with Crippen molar-refractivity contribution in [1.82, 2.24) is 0 Å². The third-order valence-corrected chi connectivity index (χ3v) is 22.1. The molecule has 156 valence electrons. The quantitative estimate of drug-likeness (QED) is 0.336. The van der Waals surface area contributed by atoms with Crippen molar-refractivity contribution < 1.29 is 14.2 Å². The van der Waals surface area contributed by atoms with Crippen molar-refractivity contribution in [1.29, 1.82) is 0 Å². The molecule has 0 amide bonds. The van der Waals surface area contributed by atoms with E-state index in [0.29, 0.717) is 6.10 Å². The van der Waals surface area contributed by atoms with Gasteiger partial charge in [0.2, 0.25) is 0 Å². The van der Waals surface area contributed by atoms with Crippen LogP contribution in [-0.4, -0.2) is 49.4 Å². The fraction of sp³-hybridized carbons (Fsp3) is 0.913. The maximum atomic E-state index is 6.85. The summed E-state index contributed by atoms with van der Waals surface area (Å²) in [5.41, 5.74) is 0. The van der Waals surface area contributed by atoms with Crippen LogP contribution < -0.4 is 0 Å². The molecule has 27 heavy (non-hydrogen) atoms. The van der Waals surface area contributed by atoms with Crippen molar-refractivity contribution in [2.45, 2.75) is 123 Å². The van der Waals surface area contributed by atoms with Gasteiger partial charge < -0.3 is 0 Å².